The molecular formula is C17H18N2O5S2. The molecule has 0 radical (unpaired) electrons. The Morgan fingerprint density at radius 2 is 2.12 bits per heavy atom. The molecule has 7 nitrogen and oxygen atoms in total. The van der Waals surface area contributed by atoms with Gasteiger partial charge in [-0.05, 0) is 25.5 Å². The monoisotopic (exact) mass is 394 g/mol. The molecule has 1 aliphatic heterocycles. The molecule has 1 fully saturated rings. The molecule has 2 rings (SSSR count). The van der Waals surface area contributed by atoms with Gasteiger partial charge in [-0.25, -0.2) is 13.2 Å². The molecule has 9 heteroatoms. The van der Waals surface area contributed by atoms with Crippen molar-refractivity contribution in [3.63, 3.8) is 0 Å². The fourth-order valence-electron chi connectivity index (χ4n) is 2.48. The van der Waals surface area contributed by atoms with E-state index in [1.807, 2.05) is 0 Å². The van der Waals surface area contributed by atoms with E-state index in [1.165, 1.54) is 18.7 Å². The first-order valence-electron chi connectivity index (χ1n) is 7.84. The van der Waals surface area contributed by atoms with Gasteiger partial charge in [0.2, 0.25) is 0 Å². The number of carbonyl (C=O) groups excluding carboxylic acids is 2. The summed E-state index contributed by atoms with van der Waals surface area (Å²) in [6.45, 7) is 0.749. The maximum atomic E-state index is 12.3. The summed E-state index contributed by atoms with van der Waals surface area (Å²) < 4.78 is 28.2. The van der Waals surface area contributed by atoms with Crippen LogP contribution in [0.25, 0.3) is 0 Å². The summed E-state index contributed by atoms with van der Waals surface area (Å²) in [6.07, 6.45) is 0.525. The van der Waals surface area contributed by atoms with Gasteiger partial charge >= 0.3 is 5.97 Å². The molecule has 1 N–H and O–H groups in total. The highest BCUT2D eigenvalue weighted by Crippen LogP contribution is 2.33. The highest BCUT2D eigenvalue weighted by Gasteiger charge is 2.30. The fraction of sp³-hybridized carbons (Fsp3) is 0.412. The standard InChI is InChI=1S/C17H18N2O5S2/c1-11(19)14(8-18)15(20)9-24-17(21)13-4-2-3-5-16(13)25-12-6-7-26(22,23)10-12/h2-5,12,14,19H,6-7,9-10H2,1H3/t12-,14?/m1/s1. The molecule has 1 heterocycles. The molecule has 138 valence electrons. The Balaban J connectivity index is 2.05. The van der Waals surface area contributed by atoms with Crippen LogP contribution in [-0.2, 0) is 19.4 Å². The maximum absolute atomic E-state index is 12.3. The number of hydrogen-bond acceptors (Lipinski definition) is 8. The van der Waals surface area contributed by atoms with Crippen LogP contribution in [-0.4, -0.2) is 49.2 Å². The molecule has 1 aromatic carbocycles. The lowest BCUT2D eigenvalue weighted by Crippen LogP contribution is -2.25. The summed E-state index contributed by atoms with van der Waals surface area (Å²) in [6, 6.07) is 8.33. The average molecular weight is 394 g/mol. The lowest BCUT2D eigenvalue weighted by atomic mass is 10.0. The number of ether oxygens (including phenoxy) is 1. The molecule has 0 spiro atoms. The van der Waals surface area contributed by atoms with Gasteiger partial charge in [0.25, 0.3) is 0 Å². The number of rotatable bonds is 7. The Morgan fingerprint density at radius 3 is 2.69 bits per heavy atom. The number of thioether (sulfide) groups is 1. The summed E-state index contributed by atoms with van der Waals surface area (Å²) in [5.74, 6) is -2.38. The zero-order valence-electron chi connectivity index (χ0n) is 14.1. The van der Waals surface area contributed by atoms with E-state index in [0.29, 0.717) is 11.3 Å². The number of hydrogen-bond donors (Lipinski definition) is 1. The van der Waals surface area contributed by atoms with E-state index in [2.05, 4.69) is 0 Å². The highest BCUT2D eigenvalue weighted by atomic mass is 32.2. The Kier molecular flexibility index (Phi) is 6.56. The third kappa shape index (κ3) is 5.16. The minimum atomic E-state index is -3.02. The average Bonchev–Trinajstić information content (AvgIpc) is 2.92. The number of carbonyl (C=O) groups is 2. The van der Waals surface area contributed by atoms with E-state index in [0.717, 1.165) is 0 Å². The number of benzene rings is 1. The fourth-order valence-corrected chi connectivity index (χ4v) is 6.10. The van der Waals surface area contributed by atoms with Crippen LogP contribution >= 0.6 is 11.8 Å². The molecule has 1 aliphatic rings. The van der Waals surface area contributed by atoms with Crippen molar-refractivity contribution < 1.29 is 22.7 Å². The van der Waals surface area contributed by atoms with Gasteiger partial charge in [0.05, 0.1) is 23.1 Å². The summed E-state index contributed by atoms with van der Waals surface area (Å²) >= 11 is 1.31. The second-order valence-electron chi connectivity index (χ2n) is 5.93. The zero-order chi connectivity index (χ0) is 19.3. The largest absolute Gasteiger partial charge is 0.454 e. The number of esters is 1. The first-order valence-corrected chi connectivity index (χ1v) is 10.5. The summed E-state index contributed by atoms with van der Waals surface area (Å²) in [5.41, 5.74) is 0.140. The van der Waals surface area contributed by atoms with E-state index < -0.39 is 34.1 Å². The zero-order valence-corrected chi connectivity index (χ0v) is 15.7. The van der Waals surface area contributed by atoms with Crippen molar-refractivity contribution in [1.82, 2.24) is 0 Å². The van der Waals surface area contributed by atoms with Crippen LogP contribution in [0.4, 0.5) is 0 Å². The first-order chi connectivity index (χ1) is 12.2. The molecule has 0 bridgehead atoms. The minimum absolute atomic E-state index is 0.0714. The Bertz CT molecular complexity index is 873. The van der Waals surface area contributed by atoms with Crippen LogP contribution < -0.4 is 0 Å². The lowest BCUT2D eigenvalue weighted by Gasteiger charge is -2.12. The molecule has 0 aromatic heterocycles. The lowest BCUT2D eigenvalue weighted by molar-refractivity contribution is -0.122. The van der Waals surface area contributed by atoms with Gasteiger partial charge in [0.1, 0.15) is 5.92 Å². The Morgan fingerprint density at radius 1 is 1.42 bits per heavy atom. The topological polar surface area (TPSA) is 125 Å². The van der Waals surface area contributed by atoms with Crippen LogP contribution in [0.1, 0.15) is 23.7 Å². The second-order valence-corrected chi connectivity index (χ2v) is 9.50. The molecular weight excluding hydrogens is 376 g/mol. The van der Waals surface area contributed by atoms with Crippen molar-refractivity contribution in [2.75, 3.05) is 18.1 Å². The molecule has 1 saturated heterocycles. The first kappa shape index (κ1) is 20.1. The Hall–Kier alpha value is -2.18. The molecule has 0 aliphatic carbocycles. The van der Waals surface area contributed by atoms with E-state index in [4.69, 9.17) is 15.4 Å². The van der Waals surface area contributed by atoms with Crippen LogP contribution in [0.15, 0.2) is 29.2 Å². The van der Waals surface area contributed by atoms with Crippen LogP contribution in [0.3, 0.4) is 0 Å². The molecule has 26 heavy (non-hydrogen) atoms. The van der Waals surface area contributed by atoms with Gasteiger partial charge in [0, 0.05) is 15.9 Å². The third-order valence-corrected chi connectivity index (χ3v) is 7.15. The quantitative estimate of drug-likeness (QED) is 0.553. The third-order valence-electron chi connectivity index (χ3n) is 3.82. The number of nitriles is 1. The van der Waals surface area contributed by atoms with Crippen molar-refractivity contribution >= 4 is 39.1 Å². The predicted octanol–water partition coefficient (Wildman–Crippen LogP) is 1.87. The van der Waals surface area contributed by atoms with E-state index in [1.54, 1.807) is 30.3 Å². The molecule has 2 atom stereocenters. The summed E-state index contributed by atoms with van der Waals surface area (Å²) in [4.78, 5) is 24.8. The number of nitrogens with one attached hydrogen (secondary N) is 1. The maximum Gasteiger partial charge on any atom is 0.339 e. The molecule has 0 amide bonds. The van der Waals surface area contributed by atoms with E-state index in [9.17, 15) is 18.0 Å². The van der Waals surface area contributed by atoms with Crippen molar-refractivity contribution in [2.45, 2.75) is 23.5 Å². The van der Waals surface area contributed by atoms with Gasteiger partial charge < -0.3 is 10.1 Å². The van der Waals surface area contributed by atoms with Gasteiger partial charge in [-0.1, -0.05) is 12.1 Å². The van der Waals surface area contributed by atoms with Crippen molar-refractivity contribution in [1.29, 1.82) is 10.7 Å². The Labute approximate surface area is 156 Å². The van der Waals surface area contributed by atoms with Gasteiger partial charge in [0.15, 0.2) is 22.2 Å². The minimum Gasteiger partial charge on any atom is -0.454 e. The molecule has 0 saturated carbocycles. The normalized spacial score (nSPS) is 19.3. The van der Waals surface area contributed by atoms with Crippen LogP contribution in [0.2, 0.25) is 0 Å². The van der Waals surface area contributed by atoms with Crippen molar-refractivity contribution in [3.05, 3.63) is 29.8 Å². The molecule has 1 aromatic rings. The number of sulfone groups is 1. The van der Waals surface area contributed by atoms with Gasteiger partial charge in [-0.2, -0.15) is 5.26 Å². The second kappa shape index (κ2) is 8.47. The SMILES string of the molecule is CC(=N)C(C#N)C(=O)COC(=O)c1ccccc1S[C@@H]1CCS(=O)(=O)C1. The van der Waals surface area contributed by atoms with Gasteiger partial charge in [-0.15, -0.1) is 11.8 Å². The number of Topliss-reactive ketones (excluding diaryl/α,β-unsaturated/α-hetero) is 1. The highest BCUT2D eigenvalue weighted by molar-refractivity contribution is 8.02. The summed E-state index contributed by atoms with van der Waals surface area (Å²) in [5, 5.41) is 16.2. The molecule has 1 unspecified atom stereocenters. The van der Waals surface area contributed by atoms with Gasteiger partial charge in [-0.3, -0.25) is 4.79 Å². The number of ketones is 1. The van der Waals surface area contributed by atoms with Crippen LogP contribution in [0.5, 0.6) is 0 Å². The van der Waals surface area contributed by atoms with Crippen molar-refractivity contribution in [2.24, 2.45) is 5.92 Å². The summed E-state index contributed by atoms with van der Waals surface area (Å²) in [7, 11) is -3.02. The smallest absolute Gasteiger partial charge is 0.339 e. The predicted molar refractivity (Wildman–Crippen MR) is 97.2 cm³/mol. The number of nitrogens with zero attached hydrogens (tertiary/aromatic N) is 1. The van der Waals surface area contributed by atoms with E-state index in [-0.39, 0.29) is 28.0 Å². The van der Waals surface area contributed by atoms with E-state index >= 15 is 0 Å². The van der Waals surface area contributed by atoms with Crippen molar-refractivity contribution in [3.8, 4) is 6.07 Å². The van der Waals surface area contributed by atoms with Crippen LogP contribution in [0, 0.1) is 22.7 Å².